The second-order valence-electron chi connectivity index (χ2n) is 6.85. The zero-order chi connectivity index (χ0) is 22.4. The van der Waals surface area contributed by atoms with Crippen LogP contribution in [-0.4, -0.2) is 22.0 Å². The van der Waals surface area contributed by atoms with Gasteiger partial charge in [-0.15, -0.1) is 11.8 Å². The fourth-order valence-electron chi connectivity index (χ4n) is 2.81. The molecule has 0 bridgehead atoms. The maximum Gasteiger partial charge on any atom is 0.269 e. The number of non-ortho nitro benzene ring substituents is 1. The topological polar surface area (TPSA) is 101 Å². The zero-order valence-corrected chi connectivity index (χ0v) is 17.8. The fourth-order valence-corrected chi connectivity index (χ4v) is 3.68. The van der Waals surface area contributed by atoms with Crippen LogP contribution >= 0.6 is 11.8 Å². The Bertz CT molecular complexity index is 1100. The maximum absolute atomic E-state index is 12.4. The van der Waals surface area contributed by atoms with E-state index in [1.807, 2.05) is 37.3 Å². The summed E-state index contributed by atoms with van der Waals surface area (Å²) in [5, 5.41) is 15.9. The molecule has 0 spiro atoms. The van der Waals surface area contributed by atoms with Gasteiger partial charge in [0.05, 0.1) is 10.2 Å². The number of amides is 2. The number of hydrogen-bond donors (Lipinski definition) is 2. The number of carbonyl (C=O) groups is 2. The van der Waals surface area contributed by atoms with Gasteiger partial charge in [-0.25, -0.2) is 0 Å². The van der Waals surface area contributed by atoms with E-state index >= 15 is 0 Å². The predicted octanol–water partition coefficient (Wildman–Crippen LogP) is 5.27. The zero-order valence-electron chi connectivity index (χ0n) is 17.0. The van der Waals surface area contributed by atoms with Crippen LogP contribution in [0.2, 0.25) is 0 Å². The molecule has 0 saturated heterocycles. The summed E-state index contributed by atoms with van der Waals surface area (Å²) < 4.78 is 0. The standard InChI is InChI=1S/C23H21N3O4S/c1-15-5-3-4-6-21(15)23(28)25-18-9-13-20(14-10-18)31-16(2)22(27)24-17-7-11-19(12-8-17)26(29)30/h3-14,16H,1-2H3,(H,24,27)(H,25,28). The number of nitrogens with one attached hydrogen (secondary N) is 2. The van der Waals surface area contributed by atoms with Crippen LogP contribution < -0.4 is 10.6 Å². The van der Waals surface area contributed by atoms with Crippen LogP contribution in [0.3, 0.4) is 0 Å². The predicted molar refractivity (Wildman–Crippen MR) is 123 cm³/mol. The lowest BCUT2D eigenvalue weighted by Crippen LogP contribution is -2.22. The number of nitrogens with zero attached hydrogens (tertiary/aromatic N) is 1. The summed E-state index contributed by atoms with van der Waals surface area (Å²) in [5.74, 6) is -0.384. The van der Waals surface area contributed by atoms with Crippen LogP contribution in [0.4, 0.5) is 17.1 Å². The van der Waals surface area contributed by atoms with Crippen LogP contribution in [0.25, 0.3) is 0 Å². The highest BCUT2D eigenvalue weighted by Gasteiger charge is 2.15. The first-order valence-electron chi connectivity index (χ1n) is 9.52. The number of benzene rings is 3. The third kappa shape index (κ3) is 5.93. The van der Waals surface area contributed by atoms with E-state index < -0.39 is 4.92 Å². The summed E-state index contributed by atoms with van der Waals surface area (Å²) in [5.41, 5.74) is 2.66. The fraction of sp³-hybridized carbons (Fsp3) is 0.130. The first-order valence-corrected chi connectivity index (χ1v) is 10.4. The molecule has 2 amide bonds. The second kappa shape index (κ2) is 9.90. The highest BCUT2D eigenvalue weighted by atomic mass is 32.2. The van der Waals surface area contributed by atoms with Crippen molar-refractivity contribution in [1.29, 1.82) is 0 Å². The average Bonchev–Trinajstić information content (AvgIpc) is 2.75. The minimum Gasteiger partial charge on any atom is -0.325 e. The van der Waals surface area contributed by atoms with Crippen molar-refractivity contribution in [2.24, 2.45) is 0 Å². The van der Waals surface area contributed by atoms with Crippen molar-refractivity contribution in [3.8, 4) is 0 Å². The molecule has 0 fully saturated rings. The average molecular weight is 436 g/mol. The molecule has 0 radical (unpaired) electrons. The van der Waals surface area contributed by atoms with E-state index in [0.717, 1.165) is 10.5 Å². The first-order chi connectivity index (χ1) is 14.8. The molecule has 0 heterocycles. The Kier molecular flexibility index (Phi) is 7.04. The summed E-state index contributed by atoms with van der Waals surface area (Å²) in [6.07, 6.45) is 0. The molecule has 1 atom stereocenters. The van der Waals surface area contributed by atoms with E-state index in [-0.39, 0.29) is 22.8 Å². The highest BCUT2D eigenvalue weighted by molar-refractivity contribution is 8.00. The van der Waals surface area contributed by atoms with E-state index in [1.54, 1.807) is 25.1 Å². The second-order valence-corrected chi connectivity index (χ2v) is 8.26. The largest absolute Gasteiger partial charge is 0.325 e. The molecule has 8 heteroatoms. The van der Waals surface area contributed by atoms with E-state index in [1.165, 1.54) is 36.0 Å². The molecular formula is C23H21N3O4S. The third-order valence-corrected chi connectivity index (χ3v) is 5.64. The molecule has 2 N–H and O–H groups in total. The number of hydrogen-bond acceptors (Lipinski definition) is 5. The summed E-state index contributed by atoms with van der Waals surface area (Å²) in [4.78, 5) is 35.9. The number of thioether (sulfide) groups is 1. The first kappa shape index (κ1) is 22.0. The molecule has 0 aromatic heterocycles. The van der Waals surface area contributed by atoms with Crippen molar-refractivity contribution in [3.05, 3.63) is 94.0 Å². The Hall–Kier alpha value is -3.65. The quantitative estimate of drug-likeness (QED) is 0.299. The van der Waals surface area contributed by atoms with Crippen LogP contribution in [0.1, 0.15) is 22.8 Å². The lowest BCUT2D eigenvalue weighted by molar-refractivity contribution is -0.384. The molecular weight excluding hydrogens is 414 g/mol. The van der Waals surface area contributed by atoms with Crippen molar-refractivity contribution in [1.82, 2.24) is 0 Å². The van der Waals surface area contributed by atoms with Gasteiger partial charge < -0.3 is 10.6 Å². The van der Waals surface area contributed by atoms with Gasteiger partial charge in [0.15, 0.2) is 0 Å². The Labute approximate surface area is 184 Å². The SMILES string of the molecule is Cc1ccccc1C(=O)Nc1ccc(SC(C)C(=O)Nc2ccc([N+](=O)[O-])cc2)cc1. The van der Waals surface area contributed by atoms with E-state index in [9.17, 15) is 19.7 Å². The van der Waals surface area contributed by atoms with Gasteiger partial charge in [0.1, 0.15) is 0 Å². The molecule has 3 rings (SSSR count). The van der Waals surface area contributed by atoms with E-state index in [4.69, 9.17) is 0 Å². The molecule has 1 unspecified atom stereocenters. The lowest BCUT2D eigenvalue weighted by atomic mass is 10.1. The normalized spacial score (nSPS) is 11.4. The van der Waals surface area contributed by atoms with Crippen LogP contribution in [-0.2, 0) is 4.79 Å². The van der Waals surface area contributed by atoms with Gasteiger partial charge in [-0.05, 0) is 61.9 Å². The molecule has 3 aromatic rings. The molecule has 31 heavy (non-hydrogen) atoms. The number of anilines is 2. The Morgan fingerprint density at radius 2 is 1.48 bits per heavy atom. The van der Waals surface area contributed by atoms with Crippen LogP contribution in [0.5, 0.6) is 0 Å². The molecule has 158 valence electrons. The smallest absolute Gasteiger partial charge is 0.269 e. The molecule has 7 nitrogen and oxygen atoms in total. The third-order valence-electron chi connectivity index (χ3n) is 4.53. The van der Waals surface area contributed by atoms with Gasteiger partial charge in [-0.1, -0.05) is 18.2 Å². The van der Waals surface area contributed by atoms with E-state index in [0.29, 0.717) is 16.9 Å². The van der Waals surface area contributed by atoms with Gasteiger partial charge in [0, 0.05) is 34.0 Å². The summed E-state index contributed by atoms with van der Waals surface area (Å²) >= 11 is 1.37. The number of nitro groups is 1. The van der Waals surface area contributed by atoms with Gasteiger partial charge in [0.25, 0.3) is 11.6 Å². The minimum atomic E-state index is -0.489. The van der Waals surface area contributed by atoms with Gasteiger partial charge in [0.2, 0.25) is 5.91 Å². The molecule has 0 saturated carbocycles. The number of aryl methyl sites for hydroxylation is 1. The molecule has 0 aliphatic rings. The molecule has 0 aliphatic carbocycles. The monoisotopic (exact) mass is 435 g/mol. The summed E-state index contributed by atoms with van der Waals surface area (Å²) in [7, 11) is 0. The van der Waals surface area contributed by atoms with Crippen molar-refractivity contribution in [2.45, 2.75) is 24.0 Å². The van der Waals surface area contributed by atoms with Crippen LogP contribution in [0, 0.1) is 17.0 Å². The van der Waals surface area contributed by atoms with Gasteiger partial charge in [-0.3, -0.25) is 19.7 Å². The highest BCUT2D eigenvalue weighted by Crippen LogP contribution is 2.26. The summed E-state index contributed by atoms with van der Waals surface area (Å²) in [6, 6.07) is 20.3. The Balaban J connectivity index is 1.56. The van der Waals surface area contributed by atoms with Gasteiger partial charge in [-0.2, -0.15) is 0 Å². The Morgan fingerprint density at radius 1 is 0.903 bits per heavy atom. The van der Waals surface area contributed by atoms with Crippen molar-refractivity contribution in [3.63, 3.8) is 0 Å². The van der Waals surface area contributed by atoms with Gasteiger partial charge >= 0.3 is 0 Å². The van der Waals surface area contributed by atoms with Crippen molar-refractivity contribution < 1.29 is 14.5 Å². The number of nitro benzene ring substituents is 1. The summed E-state index contributed by atoms with van der Waals surface area (Å²) in [6.45, 7) is 3.66. The van der Waals surface area contributed by atoms with E-state index in [2.05, 4.69) is 10.6 Å². The Morgan fingerprint density at radius 3 is 2.10 bits per heavy atom. The molecule has 3 aromatic carbocycles. The maximum atomic E-state index is 12.4. The minimum absolute atomic E-state index is 0.0324. The molecule has 0 aliphatic heterocycles. The number of rotatable bonds is 7. The number of carbonyl (C=O) groups excluding carboxylic acids is 2. The lowest BCUT2D eigenvalue weighted by Gasteiger charge is -2.13. The van der Waals surface area contributed by atoms with Crippen molar-refractivity contribution in [2.75, 3.05) is 10.6 Å². The van der Waals surface area contributed by atoms with Crippen molar-refractivity contribution >= 4 is 40.6 Å². The van der Waals surface area contributed by atoms with Crippen LogP contribution in [0.15, 0.2) is 77.7 Å².